The Kier molecular flexibility index (Phi) is 2.53. The number of fused-ring (bicyclic) bond motifs is 1. The van der Waals surface area contributed by atoms with Crippen molar-refractivity contribution in [2.75, 3.05) is 0 Å². The van der Waals surface area contributed by atoms with Crippen LogP contribution < -0.4 is 0 Å². The van der Waals surface area contributed by atoms with E-state index in [4.69, 9.17) is 11.6 Å². The van der Waals surface area contributed by atoms with Crippen LogP contribution in [0.3, 0.4) is 0 Å². The molecule has 0 fully saturated rings. The van der Waals surface area contributed by atoms with Crippen LogP contribution in [0.25, 0.3) is 21.3 Å². The first-order chi connectivity index (χ1) is 8.25. The molecule has 3 rings (SSSR count). The zero-order chi connectivity index (χ0) is 11.8. The standard InChI is InChI=1S/C12H6ClFN2S/c13-11-2-1-10-12(16-11)8(6-17-10)7-3-4-15-5-9(7)14/h1-6H. The van der Waals surface area contributed by atoms with Crippen molar-refractivity contribution in [3.05, 3.63) is 46.9 Å². The molecule has 0 unspecified atom stereocenters. The molecular weight excluding hydrogens is 259 g/mol. The van der Waals surface area contributed by atoms with Crippen molar-refractivity contribution in [1.29, 1.82) is 0 Å². The Balaban J connectivity index is 2.31. The minimum absolute atomic E-state index is 0.353. The van der Waals surface area contributed by atoms with Crippen molar-refractivity contribution in [3.63, 3.8) is 0 Å². The normalized spacial score (nSPS) is 10.9. The maximum absolute atomic E-state index is 13.7. The third-order valence-electron chi connectivity index (χ3n) is 2.45. The van der Waals surface area contributed by atoms with E-state index in [-0.39, 0.29) is 5.82 Å². The predicted octanol–water partition coefficient (Wildman–Crippen LogP) is 4.15. The molecule has 3 aromatic rings. The molecule has 0 aliphatic heterocycles. The van der Waals surface area contributed by atoms with Gasteiger partial charge >= 0.3 is 0 Å². The summed E-state index contributed by atoms with van der Waals surface area (Å²) in [7, 11) is 0. The molecule has 0 aliphatic rings. The van der Waals surface area contributed by atoms with E-state index in [1.807, 2.05) is 11.4 Å². The number of halogens is 2. The first-order valence-corrected chi connectivity index (χ1v) is 6.15. The first-order valence-electron chi connectivity index (χ1n) is 4.89. The minimum atomic E-state index is -0.353. The molecule has 0 spiro atoms. The van der Waals surface area contributed by atoms with Gasteiger partial charge in [-0.25, -0.2) is 9.37 Å². The van der Waals surface area contributed by atoms with Gasteiger partial charge < -0.3 is 0 Å². The van der Waals surface area contributed by atoms with Gasteiger partial charge in [0.25, 0.3) is 0 Å². The average molecular weight is 265 g/mol. The predicted molar refractivity (Wildman–Crippen MR) is 67.8 cm³/mol. The van der Waals surface area contributed by atoms with E-state index >= 15 is 0 Å². The van der Waals surface area contributed by atoms with Crippen molar-refractivity contribution in [1.82, 2.24) is 9.97 Å². The van der Waals surface area contributed by atoms with E-state index in [1.165, 1.54) is 17.5 Å². The van der Waals surface area contributed by atoms with Crippen LogP contribution >= 0.6 is 22.9 Å². The van der Waals surface area contributed by atoms with Gasteiger partial charge in [-0.05, 0) is 18.2 Å². The van der Waals surface area contributed by atoms with Gasteiger partial charge in [0.1, 0.15) is 11.0 Å². The fourth-order valence-corrected chi connectivity index (χ4v) is 2.72. The number of hydrogen-bond donors (Lipinski definition) is 0. The monoisotopic (exact) mass is 264 g/mol. The quantitative estimate of drug-likeness (QED) is 0.617. The zero-order valence-corrected chi connectivity index (χ0v) is 10.1. The summed E-state index contributed by atoms with van der Waals surface area (Å²) in [6.45, 7) is 0. The zero-order valence-electron chi connectivity index (χ0n) is 8.52. The molecule has 0 saturated heterocycles. The molecule has 0 radical (unpaired) electrons. The smallest absolute Gasteiger partial charge is 0.149 e. The van der Waals surface area contributed by atoms with Gasteiger partial charge in [0.2, 0.25) is 0 Å². The Morgan fingerprint density at radius 2 is 2.06 bits per heavy atom. The van der Waals surface area contributed by atoms with Crippen LogP contribution in [0.5, 0.6) is 0 Å². The van der Waals surface area contributed by atoms with E-state index < -0.39 is 0 Å². The highest BCUT2D eigenvalue weighted by molar-refractivity contribution is 7.17. The number of nitrogens with zero attached hydrogens (tertiary/aromatic N) is 2. The molecule has 5 heteroatoms. The number of pyridine rings is 2. The molecule has 3 aromatic heterocycles. The van der Waals surface area contributed by atoms with E-state index in [2.05, 4.69) is 9.97 Å². The van der Waals surface area contributed by atoms with Crippen LogP contribution in [0.1, 0.15) is 0 Å². The van der Waals surface area contributed by atoms with Crippen molar-refractivity contribution < 1.29 is 4.39 Å². The summed E-state index contributed by atoms with van der Waals surface area (Å²) < 4.78 is 14.6. The van der Waals surface area contributed by atoms with Crippen molar-refractivity contribution in [3.8, 4) is 11.1 Å². The number of hydrogen-bond acceptors (Lipinski definition) is 3. The van der Waals surface area contributed by atoms with Crippen LogP contribution in [0, 0.1) is 5.82 Å². The molecular formula is C12H6ClFN2S. The lowest BCUT2D eigenvalue weighted by atomic mass is 10.1. The van der Waals surface area contributed by atoms with E-state index in [9.17, 15) is 4.39 Å². The molecule has 2 nitrogen and oxygen atoms in total. The molecule has 0 saturated carbocycles. The molecule has 0 amide bonds. The summed E-state index contributed by atoms with van der Waals surface area (Å²) in [6, 6.07) is 5.25. The summed E-state index contributed by atoms with van der Waals surface area (Å²) >= 11 is 7.38. The molecule has 84 valence electrons. The molecule has 17 heavy (non-hydrogen) atoms. The Hall–Kier alpha value is -1.52. The molecule has 0 N–H and O–H groups in total. The lowest BCUT2D eigenvalue weighted by Crippen LogP contribution is -1.85. The fraction of sp³-hybridized carbons (Fsp3) is 0. The molecule has 3 heterocycles. The maximum Gasteiger partial charge on any atom is 0.149 e. The number of rotatable bonds is 1. The van der Waals surface area contributed by atoms with Crippen LogP contribution in [-0.4, -0.2) is 9.97 Å². The van der Waals surface area contributed by atoms with E-state index in [1.54, 1.807) is 18.3 Å². The van der Waals surface area contributed by atoms with E-state index in [0.29, 0.717) is 10.7 Å². The highest BCUT2D eigenvalue weighted by atomic mass is 35.5. The van der Waals surface area contributed by atoms with Crippen LogP contribution in [-0.2, 0) is 0 Å². The van der Waals surface area contributed by atoms with Crippen molar-refractivity contribution >= 4 is 33.2 Å². The second-order valence-electron chi connectivity index (χ2n) is 3.49. The van der Waals surface area contributed by atoms with Gasteiger partial charge in [0, 0.05) is 22.7 Å². The molecule has 0 atom stereocenters. The van der Waals surface area contributed by atoms with Gasteiger partial charge in [-0.1, -0.05) is 11.6 Å². The van der Waals surface area contributed by atoms with E-state index in [0.717, 1.165) is 15.8 Å². The fourth-order valence-electron chi connectivity index (χ4n) is 1.67. The van der Waals surface area contributed by atoms with Gasteiger partial charge in [-0.3, -0.25) is 4.98 Å². The Morgan fingerprint density at radius 1 is 1.18 bits per heavy atom. The lowest BCUT2D eigenvalue weighted by molar-refractivity contribution is 0.625. The maximum atomic E-state index is 13.7. The minimum Gasteiger partial charge on any atom is -0.262 e. The lowest BCUT2D eigenvalue weighted by Gasteiger charge is -2.00. The SMILES string of the molecule is Fc1cnccc1-c1csc2ccc(Cl)nc12. The summed E-state index contributed by atoms with van der Waals surface area (Å²) in [5.74, 6) is -0.353. The van der Waals surface area contributed by atoms with Crippen molar-refractivity contribution in [2.45, 2.75) is 0 Å². The molecule has 0 bridgehead atoms. The third-order valence-corrected chi connectivity index (χ3v) is 3.59. The Bertz CT molecular complexity index is 696. The second-order valence-corrected chi connectivity index (χ2v) is 4.78. The Labute approximate surface area is 106 Å². The Morgan fingerprint density at radius 3 is 2.88 bits per heavy atom. The molecule has 0 aliphatic carbocycles. The first kappa shape index (κ1) is 10.6. The number of thiophene rings is 1. The van der Waals surface area contributed by atoms with Gasteiger partial charge in [-0.15, -0.1) is 11.3 Å². The van der Waals surface area contributed by atoms with Crippen LogP contribution in [0.4, 0.5) is 4.39 Å². The van der Waals surface area contributed by atoms with Gasteiger partial charge in [0.05, 0.1) is 16.4 Å². The molecule has 0 aromatic carbocycles. The third kappa shape index (κ3) is 1.79. The highest BCUT2D eigenvalue weighted by Gasteiger charge is 2.11. The average Bonchev–Trinajstić information content (AvgIpc) is 2.72. The summed E-state index contributed by atoms with van der Waals surface area (Å²) in [5.41, 5.74) is 1.99. The van der Waals surface area contributed by atoms with Crippen LogP contribution in [0.15, 0.2) is 36.0 Å². The highest BCUT2D eigenvalue weighted by Crippen LogP contribution is 2.34. The summed E-state index contributed by atoms with van der Waals surface area (Å²) in [6.07, 6.45) is 2.76. The van der Waals surface area contributed by atoms with Crippen molar-refractivity contribution in [2.24, 2.45) is 0 Å². The van der Waals surface area contributed by atoms with Gasteiger partial charge in [-0.2, -0.15) is 0 Å². The second kappa shape index (κ2) is 4.05. The summed E-state index contributed by atoms with van der Waals surface area (Å²) in [4.78, 5) is 7.98. The van der Waals surface area contributed by atoms with Gasteiger partial charge in [0.15, 0.2) is 0 Å². The number of aromatic nitrogens is 2. The van der Waals surface area contributed by atoms with Crippen LogP contribution in [0.2, 0.25) is 5.15 Å². The topological polar surface area (TPSA) is 25.8 Å². The summed E-state index contributed by atoms with van der Waals surface area (Å²) in [5, 5.41) is 2.29. The largest absolute Gasteiger partial charge is 0.262 e.